The van der Waals surface area contributed by atoms with E-state index in [1.807, 2.05) is 14.0 Å². The van der Waals surface area contributed by atoms with E-state index >= 15 is 0 Å². The van der Waals surface area contributed by atoms with Gasteiger partial charge in [-0.1, -0.05) is 5.16 Å². The zero-order valence-electron chi connectivity index (χ0n) is 9.83. The quantitative estimate of drug-likeness (QED) is 0.814. The third kappa shape index (κ3) is 2.69. The van der Waals surface area contributed by atoms with E-state index in [0.29, 0.717) is 30.6 Å². The second kappa shape index (κ2) is 5.07. The lowest BCUT2D eigenvalue weighted by Crippen LogP contribution is -2.18. The van der Waals surface area contributed by atoms with Gasteiger partial charge in [0.2, 0.25) is 0 Å². The molecule has 0 saturated carbocycles. The Bertz CT molecular complexity index is 479. The number of rotatable bonds is 5. The SMILES string of the molecule is CCOCC(N)c1noc(-c2cn(C)cn2)n1. The molecule has 0 saturated heterocycles. The monoisotopic (exact) mass is 237 g/mol. The van der Waals surface area contributed by atoms with E-state index < -0.39 is 0 Å². The highest BCUT2D eigenvalue weighted by atomic mass is 16.5. The van der Waals surface area contributed by atoms with E-state index in [-0.39, 0.29) is 6.04 Å². The molecule has 2 N–H and O–H groups in total. The van der Waals surface area contributed by atoms with Gasteiger partial charge in [0.15, 0.2) is 5.82 Å². The molecule has 0 radical (unpaired) electrons. The molecule has 7 nitrogen and oxygen atoms in total. The van der Waals surface area contributed by atoms with Crippen molar-refractivity contribution >= 4 is 0 Å². The molecular formula is C10H15N5O2. The Morgan fingerprint density at radius 2 is 2.41 bits per heavy atom. The van der Waals surface area contributed by atoms with E-state index in [1.54, 1.807) is 17.1 Å². The molecule has 0 spiro atoms. The summed E-state index contributed by atoms with van der Waals surface area (Å²) in [5.74, 6) is 0.798. The summed E-state index contributed by atoms with van der Waals surface area (Å²) in [5, 5.41) is 3.81. The summed E-state index contributed by atoms with van der Waals surface area (Å²) in [6.07, 6.45) is 3.46. The second-order valence-electron chi connectivity index (χ2n) is 3.65. The number of hydrogen-bond donors (Lipinski definition) is 1. The van der Waals surface area contributed by atoms with Crippen molar-refractivity contribution in [2.75, 3.05) is 13.2 Å². The van der Waals surface area contributed by atoms with Crippen molar-refractivity contribution in [3.05, 3.63) is 18.3 Å². The molecule has 2 rings (SSSR count). The lowest BCUT2D eigenvalue weighted by molar-refractivity contribution is 0.130. The number of nitrogens with two attached hydrogens (primary N) is 1. The Balaban J connectivity index is 2.10. The van der Waals surface area contributed by atoms with Crippen LogP contribution in [0.15, 0.2) is 17.0 Å². The van der Waals surface area contributed by atoms with E-state index in [2.05, 4.69) is 15.1 Å². The predicted molar refractivity (Wildman–Crippen MR) is 59.9 cm³/mol. The molecule has 0 aromatic carbocycles. The van der Waals surface area contributed by atoms with Crippen LogP contribution in [0.1, 0.15) is 18.8 Å². The van der Waals surface area contributed by atoms with Crippen molar-refractivity contribution in [3.8, 4) is 11.6 Å². The molecule has 92 valence electrons. The molecule has 2 aromatic rings. The standard InChI is InChI=1S/C10H15N5O2/c1-3-16-5-7(11)9-13-10(17-14-9)8-4-15(2)6-12-8/h4,6-7H,3,5,11H2,1-2H3. The third-order valence-corrected chi connectivity index (χ3v) is 2.20. The van der Waals surface area contributed by atoms with Gasteiger partial charge in [-0.25, -0.2) is 4.98 Å². The largest absolute Gasteiger partial charge is 0.380 e. The van der Waals surface area contributed by atoms with Gasteiger partial charge in [0.1, 0.15) is 5.69 Å². The Labute approximate surface area is 98.6 Å². The van der Waals surface area contributed by atoms with Crippen molar-refractivity contribution in [2.24, 2.45) is 12.8 Å². The van der Waals surface area contributed by atoms with Gasteiger partial charge in [0, 0.05) is 19.9 Å². The highest BCUT2D eigenvalue weighted by Gasteiger charge is 2.16. The van der Waals surface area contributed by atoms with Crippen LogP contribution in [0.3, 0.4) is 0 Å². The van der Waals surface area contributed by atoms with E-state index in [1.165, 1.54) is 0 Å². The van der Waals surface area contributed by atoms with Gasteiger partial charge in [0.05, 0.1) is 19.0 Å². The van der Waals surface area contributed by atoms with Gasteiger partial charge in [-0.05, 0) is 6.92 Å². The summed E-state index contributed by atoms with van der Waals surface area (Å²) < 4.78 is 12.1. The lowest BCUT2D eigenvalue weighted by Gasteiger charge is -2.05. The van der Waals surface area contributed by atoms with Crippen molar-refractivity contribution < 1.29 is 9.26 Å². The fraction of sp³-hybridized carbons (Fsp3) is 0.500. The summed E-state index contributed by atoms with van der Waals surface area (Å²) in [6.45, 7) is 2.89. The van der Waals surface area contributed by atoms with Crippen molar-refractivity contribution in [2.45, 2.75) is 13.0 Å². The van der Waals surface area contributed by atoms with Crippen LogP contribution in [-0.2, 0) is 11.8 Å². The van der Waals surface area contributed by atoms with Gasteiger partial charge in [-0.15, -0.1) is 0 Å². The Morgan fingerprint density at radius 3 is 3.06 bits per heavy atom. The number of nitrogens with zero attached hydrogens (tertiary/aromatic N) is 4. The molecule has 0 fully saturated rings. The molecule has 0 aliphatic rings. The van der Waals surface area contributed by atoms with Crippen LogP contribution in [0.4, 0.5) is 0 Å². The van der Waals surface area contributed by atoms with Crippen LogP contribution in [0.2, 0.25) is 0 Å². The third-order valence-electron chi connectivity index (χ3n) is 2.20. The Hall–Kier alpha value is -1.73. The molecule has 0 amide bonds. The van der Waals surface area contributed by atoms with Crippen LogP contribution in [0, 0.1) is 0 Å². The minimum atomic E-state index is -0.379. The molecule has 0 bridgehead atoms. The average molecular weight is 237 g/mol. The predicted octanol–water partition coefficient (Wildman–Crippen LogP) is 0.506. The fourth-order valence-corrected chi connectivity index (χ4v) is 1.33. The second-order valence-corrected chi connectivity index (χ2v) is 3.65. The first-order valence-electron chi connectivity index (χ1n) is 5.36. The van der Waals surface area contributed by atoms with Crippen molar-refractivity contribution in [3.63, 3.8) is 0 Å². The lowest BCUT2D eigenvalue weighted by atomic mass is 10.3. The first-order valence-corrected chi connectivity index (χ1v) is 5.36. The van der Waals surface area contributed by atoms with Gasteiger partial charge < -0.3 is 19.6 Å². The van der Waals surface area contributed by atoms with Crippen LogP contribution in [0.25, 0.3) is 11.6 Å². The van der Waals surface area contributed by atoms with E-state index in [9.17, 15) is 0 Å². The molecule has 17 heavy (non-hydrogen) atoms. The molecular weight excluding hydrogens is 222 g/mol. The van der Waals surface area contributed by atoms with Crippen LogP contribution < -0.4 is 5.73 Å². The smallest absolute Gasteiger partial charge is 0.278 e. The van der Waals surface area contributed by atoms with Crippen LogP contribution >= 0.6 is 0 Å². The number of aryl methyl sites for hydroxylation is 1. The first kappa shape index (κ1) is 11.7. The van der Waals surface area contributed by atoms with Crippen LogP contribution in [0.5, 0.6) is 0 Å². The number of ether oxygens (including phenoxy) is 1. The maximum Gasteiger partial charge on any atom is 0.278 e. The zero-order chi connectivity index (χ0) is 12.3. The normalized spacial score (nSPS) is 12.9. The number of aromatic nitrogens is 4. The molecule has 1 atom stereocenters. The molecule has 0 aliphatic heterocycles. The maximum absolute atomic E-state index is 5.84. The highest BCUT2D eigenvalue weighted by Crippen LogP contribution is 2.16. The van der Waals surface area contributed by atoms with Crippen molar-refractivity contribution in [1.82, 2.24) is 19.7 Å². The molecule has 7 heteroatoms. The van der Waals surface area contributed by atoms with Gasteiger partial charge >= 0.3 is 0 Å². The molecule has 2 aromatic heterocycles. The van der Waals surface area contributed by atoms with Crippen LogP contribution in [-0.4, -0.2) is 32.9 Å². The molecule has 1 unspecified atom stereocenters. The zero-order valence-corrected chi connectivity index (χ0v) is 9.83. The summed E-state index contributed by atoms with van der Waals surface area (Å²) in [7, 11) is 1.87. The topological polar surface area (TPSA) is 92.0 Å². The maximum atomic E-state index is 5.84. The minimum absolute atomic E-state index is 0.368. The number of imidazole rings is 1. The Morgan fingerprint density at radius 1 is 1.59 bits per heavy atom. The summed E-state index contributed by atoms with van der Waals surface area (Å²) in [6, 6.07) is -0.379. The summed E-state index contributed by atoms with van der Waals surface area (Å²) >= 11 is 0. The van der Waals surface area contributed by atoms with Crippen molar-refractivity contribution in [1.29, 1.82) is 0 Å². The summed E-state index contributed by atoms with van der Waals surface area (Å²) in [4.78, 5) is 8.30. The first-order chi connectivity index (χ1) is 8.20. The Kier molecular flexibility index (Phi) is 3.50. The van der Waals surface area contributed by atoms with Gasteiger partial charge in [-0.3, -0.25) is 0 Å². The highest BCUT2D eigenvalue weighted by molar-refractivity contribution is 5.44. The van der Waals surface area contributed by atoms with Gasteiger partial charge in [0.25, 0.3) is 5.89 Å². The van der Waals surface area contributed by atoms with Gasteiger partial charge in [-0.2, -0.15) is 4.98 Å². The van der Waals surface area contributed by atoms with E-state index in [0.717, 1.165) is 0 Å². The molecule has 0 aliphatic carbocycles. The van der Waals surface area contributed by atoms with E-state index in [4.69, 9.17) is 15.0 Å². The summed E-state index contributed by atoms with van der Waals surface area (Å²) in [5.41, 5.74) is 6.48. The molecule has 2 heterocycles. The number of hydrogen-bond acceptors (Lipinski definition) is 6. The fourth-order valence-electron chi connectivity index (χ4n) is 1.33. The minimum Gasteiger partial charge on any atom is -0.380 e. The average Bonchev–Trinajstić information content (AvgIpc) is 2.93.